The standard InChI is InChI=1S/C11H15NO5S2/c1-7-11(2,3-4-17-7)12-19(15,16)8-5-9(10(13)14)18-6-8/h5-7,12H,3-4H2,1-2H3,(H,13,14). The molecule has 1 aliphatic heterocycles. The van der Waals surface area contributed by atoms with E-state index in [2.05, 4.69) is 4.72 Å². The molecule has 2 atom stereocenters. The Morgan fingerprint density at radius 3 is 2.79 bits per heavy atom. The van der Waals surface area contributed by atoms with E-state index in [-0.39, 0.29) is 15.9 Å². The summed E-state index contributed by atoms with van der Waals surface area (Å²) in [6.45, 7) is 4.10. The van der Waals surface area contributed by atoms with Gasteiger partial charge in [0, 0.05) is 12.0 Å². The number of aromatic carboxylic acids is 1. The van der Waals surface area contributed by atoms with Crippen LogP contribution in [0.4, 0.5) is 0 Å². The number of carbonyl (C=O) groups is 1. The molecule has 1 aliphatic rings. The van der Waals surface area contributed by atoms with E-state index in [9.17, 15) is 13.2 Å². The van der Waals surface area contributed by atoms with Crippen molar-refractivity contribution in [2.75, 3.05) is 6.61 Å². The Morgan fingerprint density at radius 1 is 1.63 bits per heavy atom. The van der Waals surface area contributed by atoms with Gasteiger partial charge in [0.05, 0.1) is 16.5 Å². The van der Waals surface area contributed by atoms with Crippen LogP contribution in [0.5, 0.6) is 0 Å². The summed E-state index contributed by atoms with van der Waals surface area (Å²) in [5, 5.41) is 10.1. The number of hydrogen-bond donors (Lipinski definition) is 2. The van der Waals surface area contributed by atoms with Crippen LogP contribution < -0.4 is 4.72 Å². The molecular weight excluding hydrogens is 290 g/mol. The monoisotopic (exact) mass is 305 g/mol. The van der Waals surface area contributed by atoms with Gasteiger partial charge in [0.2, 0.25) is 10.0 Å². The molecule has 1 aromatic heterocycles. The summed E-state index contributed by atoms with van der Waals surface area (Å²) in [6.07, 6.45) is 0.364. The predicted molar refractivity (Wildman–Crippen MR) is 70.0 cm³/mol. The maximum absolute atomic E-state index is 12.2. The van der Waals surface area contributed by atoms with Crippen molar-refractivity contribution < 1.29 is 23.1 Å². The number of carboxylic acids is 1. The minimum Gasteiger partial charge on any atom is -0.477 e. The molecule has 106 valence electrons. The van der Waals surface area contributed by atoms with Gasteiger partial charge in [0.25, 0.3) is 0 Å². The van der Waals surface area contributed by atoms with Crippen LogP contribution in [-0.4, -0.2) is 37.7 Å². The summed E-state index contributed by atoms with van der Waals surface area (Å²) in [5.74, 6) is -1.13. The molecule has 2 N–H and O–H groups in total. The molecule has 1 saturated heterocycles. The smallest absolute Gasteiger partial charge is 0.345 e. The van der Waals surface area contributed by atoms with Crippen LogP contribution in [-0.2, 0) is 14.8 Å². The summed E-state index contributed by atoms with van der Waals surface area (Å²) in [4.78, 5) is 10.8. The van der Waals surface area contributed by atoms with Crippen LogP contribution >= 0.6 is 11.3 Å². The Hall–Kier alpha value is -0.960. The predicted octanol–water partition coefficient (Wildman–Crippen LogP) is 1.29. The molecule has 0 aromatic carbocycles. The summed E-state index contributed by atoms with van der Waals surface area (Å²) < 4.78 is 32.4. The summed E-state index contributed by atoms with van der Waals surface area (Å²) >= 11 is 0.892. The molecule has 2 rings (SSSR count). The lowest BCUT2D eigenvalue weighted by molar-refractivity contribution is 0.0702. The molecule has 2 unspecified atom stereocenters. The lowest BCUT2D eigenvalue weighted by Gasteiger charge is -2.28. The SMILES string of the molecule is CC1OCCC1(C)NS(=O)(=O)c1csc(C(=O)O)c1. The van der Waals surface area contributed by atoms with Crippen LogP contribution in [0.3, 0.4) is 0 Å². The Labute approximate surface area is 115 Å². The van der Waals surface area contributed by atoms with E-state index in [0.29, 0.717) is 13.0 Å². The summed E-state index contributed by atoms with van der Waals surface area (Å²) in [5.41, 5.74) is -0.663. The average Bonchev–Trinajstić information content (AvgIpc) is 2.87. The molecule has 1 aromatic rings. The van der Waals surface area contributed by atoms with Gasteiger partial charge in [-0.05, 0) is 26.3 Å². The molecule has 0 saturated carbocycles. The zero-order valence-electron chi connectivity index (χ0n) is 10.5. The fraction of sp³-hybridized carbons (Fsp3) is 0.545. The summed E-state index contributed by atoms with van der Waals surface area (Å²) in [7, 11) is -3.73. The number of nitrogens with one attached hydrogen (secondary N) is 1. The third-order valence-corrected chi connectivity index (χ3v) is 6.01. The second kappa shape index (κ2) is 4.86. The van der Waals surface area contributed by atoms with Crippen molar-refractivity contribution >= 4 is 27.3 Å². The molecular formula is C11H15NO5S2. The van der Waals surface area contributed by atoms with Crippen molar-refractivity contribution in [3.63, 3.8) is 0 Å². The topological polar surface area (TPSA) is 92.7 Å². The highest BCUT2D eigenvalue weighted by Crippen LogP contribution is 2.28. The minimum atomic E-state index is -3.73. The Balaban J connectivity index is 2.25. The van der Waals surface area contributed by atoms with Gasteiger partial charge in [-0.15, -0.1) is 11.3 Å². The maximum atomic E-state index is 12.2. The lowest BCUT2D eigenvalue weighted by atomic mass is 9.97. The fourth-order valence-corrected chi connectivity index (χ4v) is 4.51. The van der Waals surface area contributed by atoms with Crippen LogP contribution in [0, 0.1) is 0 Å². The van der Waals surface area contributed by atoms with Crippen LogP contribution in [0.15, 0.2) is 16.3 Å². The lowest BCUT2D eigenvalue weighted by Crippen LogP contribution is -2.50. The van der Waals surface area contributed by atoms with Gasteiger partial charge in [0.1, 0.15) is 4.88 Å². The van der Waals surface area contributed by atoms with Gasteiger partial charge < -0.3 is 9.84 Å². The van der Waals surface area contributed by atoms with Gasteiger partial charge in [-0.3, -0.25) is 0 Å². The van der Waals surface area contributed by atoms with E-state index in [0.717, 1.165) is 11.3 Å². The molecule has 8 heteroatoms. The normalized spacial score (nSPS) is 27.6. The molecule has 19 heavy (non-hydrogen) atoms. The van der Waals surface area contributed by atoms with E-state index >= 15 is 0 Å². The van der Waals surface area contributed by atoms with E-state index < -0.39 is 21.5 Å². The molecule has 0 radical (unpaired) electrons. The van der Waals surface area contributed by atoms with Crippen molar-refractivity contribution in [3.05, 3.63) is 16.3 Å². The number of rotatable bonds is 4. The van der Waals surface area contributed by atoms with E-state index in [1.807, 2.05) is 6.92 Å². The molecule has 1 fully saturated rings. The maximum Gasteiger partial charge on any atom is 0.345 e. The first-order valence-corrected chi connectivity index (χ1v) is 8.08. The van der Waals surface area contributed by atoms with Crippen molar-refractivity contribution in [1.82, 2.24) is 4.72 Å². The van der Waals surface area contributed by atoms with Gasteiger partial charge in [-0.25, -0.2) is 17.9 Å². The van der Waals surface area contributed by atoms with Gasteiger partial charge in [0.15, 0.2) is 0 Å². The van der Waals surface area contributed by atoms with Crippen molar-refractivity contribution in [2.45, 2.75) is 36.8 Å². The molecule has 6 nitrogen and oxygen atoms in total. The van der Waals surface area contributed by atoms with E-state index in [1.54, 1.807) is 6.92 Å². The van der Waals surface area contributed by atoms with Crippen molar-refractivity contribution in [2.24, 2.45) is 0 Å². The largest absolute Gasteiger partial charge is 0.477 e. The quantitative estimate of drug-likeness (QED) is 0.874. The van der Waals surface area contributed by atoms with Crippen molar-refractivity contribution in [1.29, 1.82) is 0 Å². The first-order chi connectivity index (χ1) is 8.74. The number of sulfonamides is 1. The molecule has 0 amide bonds. The number of carboxylic acid groups (broad SMARTS) is 1. The molecule has 0 aliphatic carbocycles. The highest BCUT2D eigenvalue weighted by Gasteiger charge is 2.40. The van der Waals surface area contributed by atoms with Gasteiger partial charge in [-0.2, -0.15) is 0 Å². The fourth-order valence-electron chi connectivity index (χ4n) is 1.91. The molecule has 0 bridgehead atoms. The van der Waals surface area contributed by atoms with Crippen LogP contribution in [0.2, 0.25) is 0 Å². The van der Waals surface area contributed by atoms with Gasteiger partial charge in [-0.1, -0.05) is 0 Å². The Morgan fingerprint density at radius 2 is 2.32 bits per heavy atom. The number of hydrogen-bond acceptors (Lipinski definition) is 5. The summed E-state index contributed by atoms with van der Waals surface area (Å²) in [6, 6.07) is 1.17. The first kappa shape index (κ1) is 14.4. The van der Waals surface area contributed by atoms with E-state index in [1.165, 1.54) is 11.4 Å². The Kier molecular flexibility index (Phi) is 3.69. The molecule has 0 spiro atoms. The average molecular weight is 305 g/mol. The third-order valence-electron chi connectivity index (χ3n) is 3.35. The zero-order valence-corrected chi connectivity index (χ0v) is 12.2. The second-order valence-corrected chi connectivity index (χ2v) is 7.33. The van der Waals surface area contributed by atoms with Crippen LogP contribution in [0.25, 0.3) is 0 Å². The highest BCUT2D eigenvalue weighted by atomic mass is 32.2. The zero-order chi connectivity index (χ0) is 14.3. The second-order valence-electron chi connectivity index (χ2n) is 4.74. The van der Waals surface area contributed by atoms with Crippen molar-refractivity contribution in [3.8, 4) is 0 Å². The van der Waals surface area contributed by atoms with E-state index in [4.69, 9.17) is 9.84 Å². The number of ether oxygens (including phenoxy) is 1. The highest BCUT2D eigenvalue weighted by molar-refractivity contribution is 7.89. The molecule has 2 heterocycles. The minimum absolute atomic E-state index is 0.00116. The Bertz CT molecular complexity index is 594. The third kappa shape index (κ3) is 2.81. The number of thiophene rings is 1. The van der Waals surface area contributed by atoms with Gasteiger partial charge >= 0.3 is 5.97 Å². The van der Waals surface area contributed by atoms with Crippen LogP contribution in [0.1, 0.15) is 29.9 Å². The first-order valence-electron chi connectivity index (χ1n) is 5.72.